The topological polar surface area (TPSA) is 58.6 Å². The quantitative estimate of drug-likeness (QED) is 0.814. The molecule has 2 amide bonds. The molecular formula is C19H28N2O3. The molecule has 1 unspecified atom stereocenters. The van der Waals surface area contributed by atoms with Gasteiger partial charge >= 0.3 is 0 Å². The molecule has 1 N–H and O–H groups in total. The van der Waals surface area contributed by atoms with Gasteiger partial charge in [0.05, 0.1) is 5.92 Å². The molecule has 132 valence electrons. The summed E-state index contributed by atoms with van der Waals surface area (Å²) >= 11 is 0. The van der Waals surface area contributed by atoms with Gasteiger partial charge < -0.3 is 15.0 Å². The van der Waals surface area contributed by atoms with Crippen LogP contribution in [0.2, 0.25) is 0 Å². The fourth-order valence-electron chi connectivity index (χ4n) is 2.85. The molecule has 1 saturated heterocycles. The van der Waals surface area contributed by atoms with Crippen LogP contribution in [0.3, 0.4) is 0 Å². The van der Waals surface area contributed by atoms with Crippen molar-refractivity contribution in [2.24, 2.45) is 5.92 Å². The first-order chi connectivity index (χ1) is 11.3. The summed E-state index contributed by atoms with van der Waals surface area (Å²) in [6.45, 7) is 8.13. The third kappa shape index (κ3) is 4.57. The van der Waals surface area contributed by atoms with Gasteiger partial charge in [-0.05, 0) is 29.5 Å². The summed E-state index contributed by atoms with van der Waals surface area (Å²) < 4.78 is 4.96. The number of rotatable bonds is 6. The van der Waals surface area contributed by atoms with E-state index in [0.717, 1.165) is 12.1 Å². The van der Waals surface area contributed by atoms with Crippen molar-refractivity contribution in [2.75, 3.05) is 31.7 Å². The zero-order valence-corrected chi connectivity index (χ0v) is 15.1. The molecule has 0 aliphatic carbocycles. The van der Waals surface area contributed by atoms with Crippen molar-refractivity contribution < 1.29 is 14.3 Å². The third-order valence-electron chi connectivity index (χ3n) is 4.37. The van der Waals surface area contributed by atoms with Gasteiger partial charge in [-0.3, -0.25) is 9.59 Å². The first-order valence-electron chi connectivity index (χ1n) is 8.50. The highest BCUT2D eigenvalue weighted by Gasteiger charge is 2.35. The first kappa shape index (κ1) is 18.5. The van der Waals surface area contributed by atoms with Crippen molar-refractivity contribution in [2.45, 2.75) is 39.0 Å². The van der Waals surface area contributed by atoms with Gasteiger partial charge in [0.25, 0.3) is 0 Å². The molecule has 1 fully saturated rings. The Hall–Kier alpha value is -1.88. The third-order valence-corrected chi connectivity index (χ3v) is 4.37. The van der Waals surface area contributed by atoms with Crippen LogP contribution in [0.25, 0.3) is 0 Å². The van der Waals surface area contributed by atoms with Crippen molar-refractivity contribution in [1.29, 1.82) is 0 Å². The highest BCUT2D eigenvalue weighted by atomic mass is 16.5. The molecule has 5 heteroatoms. The maximum Gasteiger partial charge on any atom is 0.227 e. The van der Waals surface area contributed by atoms with Gasteiger partial charge in [-0.15, -0.1) is 0 Å². The molecule has 2 rings (SSSR count). The molecule has 24 heavy (non-hydrogen) atoms. The van der Waals surface area contributed by atoms with Crippen LogP contribution >= 0.6 is 0 Å². The van der Waals surface area contributed by atoms with E-state index in [-0.39, 0.29) is 29.6 Å². The number of nitrogens with zero attached hydrogens (tertiary/aromatic N) is 1. The second-order valence-corrected chi connectivity index (χ2v) is 7.34. The summed E-state index contributed by atoms with van der Waals surface area (Å²) in [5.74, 6) is -0.314. The molecule has 1 aliphatic rings. The van der Waals surface area contributed by atoms with Crippen molar-refractivity contribution >= 4 is 17.5 Å². The zero-order chi connectivity index (χ0) is 17.7. The molecule has 0 saturated carbocycles. The molecule has 1 heterocycles. The lowest BCUT2D eigenvalue weighted by Gasteiger charge is -2.21. The van der Waals surface area contributed by atoms with Crippen LogP contribution in [0, 0.1) is 5.92 Å². The Kier molecular flexibility index (Phi) is 5.99. The summed E-state index contributed by atoms with van der Waals surface area (Å²) in [7, 11) is 1.64. The monoisotopic (exact) mass is 332 g/mol. The van der Waals surface area contributed by atoms with E-state index in [1.54, 1.807) is 12.0 Å². The van der Waals surface area contributed by atoms with Crippen LogP contribution in [-0.4, -0.2) is 38.6 Å². The summed E-state index contributed by atoms with van der Waals surface area (Å²) in [6, 6.07) is 8.05. The number of carbonyl (C=O) groups excluding carboxylic acids is 2. The lowest BCUT2D eigenvalue weighted by Crippen LogP contribution is -2.33. The van der Waals surface area contributed by atoms with Crippen LogP contribution in [-0.2, 0) is 19.7 Å². The normalized spacial score (nSPS) is 18.1. The van der Waals surface area contributed by atoms with E-state index in [0.29, 0.717) is 19.7 Å². The van der Waals surface area contributed by atoms with Gasteiger partial charge in [0.15, 0.2) is 0 Å². The first-order valence-corrected chi connectivity index (χ1v) is 8.50. The summed E-state index contributed by atoms with van der Waals surface area (Å²) in [6.07, 6.45) is 1.05. The van der Waals surface area contributed by atoms with Gasteiger partial charge in [0.1, 0.15) is 0 Å². The van der Waals surface area contributed by atoms with Crippen LogP contribution in [0.1, 0.15) is 39.2 Å². The van der Waals surface area contributed by atoms with E-state index in [1.807, 2.05) is 12.1 Å². The van der Waals surface area contributed by atoms with Crippen LogP contribution in [0.15, 0.2) is 24.3 Å². The van der Waals surface area contributed by atoms with Crippen LogP contribution in [0.5, 0.6) is 0 Å². The van der Waals surface area contributed by atoms with E-state index in [9.17, 15) is 9.59 Å². The molecule has 0 radical (unpaired) electrons. The summed E-state index contributed by atoms with van der Waals surface area (Å²) in [5.41, 5.74) is 2.17. The van der Waals surface area contributed by atoms with E-state index in [2.05, 4.69) is 38.2 Å². The highest BCUT2D eigenvalue weighted by Crippen LogP contribution is 2.28. The molecule has 0 spiro atoms. The van der Waals surface area contributed by atoms with Gasteiger partial charge in [0, 0.05) is 38.9 Å². The molecule has 1 atom stereocenters. The Morgan fingerprint density at radius 1 is 1.29 bits per heavy atom. The fourth-order valence-corrected chi connectivity index (χ4v) is 2.85. The maximum atomic E-state index is 12.3. The molecule has 0 aromatic heterocycles. The van der Waals surface area contributed by atoms with Gasteiger partial charge in [0.2, 0.25) is 11.8 Å². The number of anilines is 1. The fraction of sp³-hybridized carbons (Fsp3) is 0.579. The lowest BCUT2D eigenvalue weighted by atomic mass is 9.87. The molecule has 1 aromatic carbocycles. The maximum absolute atomic E-state index is 12.3. The van der Waals surface area contributed by atoms with Crippen molar-refractivity contribution in [3.63, 3.8) is 0 Å². The Bertz CT molecular complexity index is 575. The SMILES string of the molecule is COCCCNC(=O)C1CC(=O)N(c2ccc(C(C)(C)C)cc2)C1. The number of amides is 2. The molecule has 1 aliphatic heterocycles. The highest BCUT2D eigenvalue weighted by molar-refractivity contribution is 6.00. The second-order valence-electron chi connectivity index (χ2n) is 7.34. The number of methoxy groups -OCH3 is 1. The minimum Gasteiger partial charge on any atom is -0.385 e. The van der Waals surface area contributed by atoms with Crippen LogP contribution < -0.4 is 10.2 Å². The molecular weight excluding hydrogens is 304 g/mol. The van der Waals surface area contributed by atoms with E-state index in [4.69, 9.17) is 4.74 Å². The Morgan fingerprint density at radius 3 is 2.54 bits per heavy atom. The summed E-state index contributed by atoms with van der Waals surface area (Å²) in [4.78, 5) is 26.2. The second kappa shape index (κ2) is 7.79. The van der Waals surface area contributed by atoms with E-state index in [1.165, 1.54) is 5.56 Å². The molecule has 0 bridgehead atoms. The van der Waals surface area contributed by atoms with Gasteiger partial charge in [-0.1, -0.05) is 32.9 Å². The molecule has 1 aromatic rings. The Balaban J connectivity index is 1.96. The number of benzene rings is 1. The lowest BCUT2D eigenvalue weighted by molar-refractivity contribution is -0.126. The van der Waals surface area contributed by atoms with Crippen molar-refractivity contribution in [3.05, 3.63) is 29.8 Å². The number of hydrogen-bond acceptors (Lipinski definition) is 3. The average Bonchev–Trinajstić information content (AvgIpc) is 2.93. The number of hydrogen-bond donors (Lipinski definition) is 1. The number of nitrogens with one attached hydrogen (secondary N) is 1. The predicted octanol–water partition coefficient (Wildman–Crippen LogP) is 2.49. The largest absolute Gasteiger partial charge is 0.385 e. The standard InChI is InChI=1S/C19H28N2O3/c1-19(2,3)15-6-8-16(9-7-15)21-13-14(12-17(21)22)18(23)20-10-5-11-24-4/h6-9,14H,5,10-13H2,1-4H3,(H,20,23). The minimum absolute atomic E-state index is 0.00977. The zero-order valence-electron chi connectivity index (χ0n) is 15.1. The average molecular weight is 332 g/mol. The predicted molar refractivity (Wildman–Crippen MR) is 95.1 cm³/mol. The van der Waals surface area contributed by atoms with Gasteiger partial charge in [-0.2, -0.15) is 0 Å². The Labute approximate surface area is 144 Å². The van der Waals surface area contributed by atoms with Crippen molar-refractivity contribution in [3.8, 4) is 0 Å². The number of ether oxygens (including phenoxy) is 1. The van der Waals surface area contributed by atoms with Gasteiger partial charge in [-0.25, -0.2) is 0 Å². The molecule has 5 nitrogen and oxygen atoms in total. The summed E-state index contributed by atoms with van der Waals surface area (Å²) in [5, 5.41) is 2.88. The Morgan fingerprint density at radius 2 is 1.96 bits per heavy atom. The van der Waals surface area contributed by atoms with Crippen LogP contribution in [0.4, 0.5) is 5.69 Å². The van der Waals surface area contributed by atoms with Crippen molar-refractivity contribution in [1.82, 2.24) is 5.32 Å². The minimum atomic E-state index is -0.276. The smallest absolute Gasteiger partial charge is 0.227 e. The van der Waals surface area contributed by atoms with E-state index < -0.39 is 0 Å². The van der Waals surface area contributed by atoms with E-state index >= 15 is 0 Å². The number of carbonyl (C=O) groups is 2.